The fourth-order valence-corrected chi connectivity index (χ4v) is 3.13. The van der Waals surface area contributed by atoms with Crippen LogP contribution in [0.5, 0.6) is 0 Å². The molecule has 1 aliphatic rings. The molecular weight excluding hydrogens is 272 g/mol. The maximum absolute atomic E-state index is 4.85. The molecule has 0 saturated carbocycles. The third-order valence-electron chi connectivity index (χ3n) is 4.03. The van der Waals surface area contributed by atoms with Gasteiger partial charge < -0.3 is 10.6 Å². The Labute approximate surface area is 137 Å². The van der Waals surface area contributed by atoms with Crippen LogP contribution < -0.4 is 10.6 Å². The molecule has 1 aliphatic heterocycles. The van der Waals surface area contributed by atoms with E-state index in [4.69, 9.17) is 9.98 Å². The van der Waals surface area contributed by atoms with Crippen LogP contribution in [0.2, 0.25) is 0 Å². The zero-order chi connectivity index (χ0) is 16.8. The van der Waals surface area contributed by atoms with E-state index < -0.39 is 0 Å². The van der Waals surface area contributed by atoms with Crippen LogP contribution in [0.15, 0.2) is 9.98 Å². The second kappa shape index (κ2) is 8.21. The number of rotatable bonds is 0. The predicted molar refractivity (Wildman–Crippen MR) is 98.6 cm³/mol. The van der Waals surface area contributed by atoms with Crippen LogP contribution in [0.4, 0.5) is 0 Å². The van der Waals surface area contributed by atoms with Gasteiger partial charge in [0.05, 0.1) is 6.04 Å². The average Bonchev–Trinajstić information content (AvgIpc) is 2.33. The maximum atomic E-state index is 4.85. The summed E-state index contributed by atoms with van der Waals surface area (Å²) in [7, 11) is 0. The summed E-state index contributed by atoms with van der Waals surface area (Å²) in [5.41, 5.74) is 2.63. The highest BCUT2D eigenvalue weighted by atomic mass is 15.0. The van der Waals surface area contributed by atoms with Crippen LogP contribution in [-0.2, 0) is 0 Å². The lowest BCUT2D eigenvalue weighted by molar-refractivity contribution is 0.388. The van der Waals surface area contributed by atoms with E-state index in [2.05, 4.69) is 59.1 Å². The van der Waals surface area contributed by atoms with Crippen LogP contribution in [0.25, 0.3) is 0 Å². The number of hydrogen-bond donors (Lipinski definition) is 2. The van der Waals surface area contributed by atoms with Gasteiger partial charge in [0.15, 0.2) is 0 Å². The van der Waals surface area contributed by atoms with Gasteiger partial charge in [-0.2, -0.15) is 0 Å². The van der Waals surface area contributed by atoms with Gasteiger partial charge in [0.1, 0.15) is 0 Å². The molecular formula is C18H36N4. The van der Waals surface area contributed by atoms with E-state index in [0.29, 0.717) is 6.04 Å². The lowest BCUT2D eigenvalue weighted by Gasteiger charge is -2.28. The molecule has 4 heteroatoms. The Morgan fingerprint density at radius 1 is 0.955 bits per heavy atom. The molecule has 4 nitrogen and oxygen atoms in total. The van der Waals surface area contributed by atoms with Crippen molar-refractivity contribution in [1.29, 1.82) is 0 Å². The molecule has 0 aromatic carbocycles. The van der Waals surface area contributed by atoms with Gasteiger partial charge in [0.2, 0.25) is 0 Å². The minimum absolute atomic E-state index is 0.0724. The van der Waals surface area contributed by atoms with Crippen LogP contribution in [0.3, 0.4) is 0 Å². The van der Waals surface area contributed by atoms with Gasteiger partial charge in [-0.05, 0) is 61.4 Å². The molecule has 1 heterocycles. The first kappa shape index (κ1) is 19.3. The summed E-state index contributed by atoms with van der Waals surface area (Å²) in [4.78, 5) is 9.57. The Kier molecular flexibility index (Phi) is 7.20. The molecule has 0 aliphatic carbocycles. The lowest BCUT2D eigenvalue weighted by atomic mass is 9.97. The summed E-state index contributed by atoms with van der Waals surface area (Å²) >= 11 is 0. The minimum Gasteiger partial charge on any atom is -0.311 e. The second-order valence-electron chi connectivity index (χ2n) is 8.11. The van der Waals surface area contributed by atoms with Crippen molar-refractivity contribution in [3.8, 4) is 0 Å². The van der Waals surface area contributed by atoms with Crippen LogP contribution >= 0.6 is 0 Å². The standard InChI is InChI=1S/C18H36N4/c1-14-11-18(6,7)21-13-16(3)22-15(2)12-17(4,5)20-10-8-9-19-14/h16,20-21H,8-13H2,1-7H3. The van der Waals surface area contributed by atoms with E-state index >= 15 is 0 Å². The van der Waals surface area contributed by atoms with E-state index in [1.54, 1.807) is 0 Å². The summed E-state index contributed by atoms with van der Waals surface area (Å²) in [5.74, 6) is 0. The lowest BCUT2D eigenvalue weighted by Crippen LogP contribution is -2.44. The van der Waals surface area contributed by atoms with Crippen molar-refractivity contribution >= 4 is 11.4 Å². The van der Waals surface area contributed by atoms with Crippen molar-refractivity contribution in [3.05, 3.63) is 0 Å². The highest BCUT2D eigenvalue weighted by Crippen LogP contribution is 2.13. The number of hydrogen-bond acceptors (Lipinski definition) is 4. The normalized spacial score (nSPS) is 28.0. The molecule has 0 aromatic rings. The SMILES string of the molecule is CC1=NCCCNC(C)(C)CC(C)=NC(C)CNC(C)(C)C1. The van der Waals surface area contributed by atoms with Gasteiger partial charge >= 0.3 is 0 Å². The number of aliphatic imine (C=N–C) groups is 2. The molecule has 128 valence electrons. The van der Waals surface area contributed by atoms with Gasteiger partial charge in [-0.1, -0.05) is 0 Å². The first-order valence-electron chi connectivity index (χ1n) is 8.63. The fourth-order valence-electron chi connectivity index (χ4n) is 3.13. The van der Waals surface area contributed by atoms with Crippen molar-refractivity contribution in [2.75, 3.05) is 19.6 Å². The Bertz CT molecular complexity index is 407. The largest absolute Gasteiger partial charge is 0.311 e. The molecule has 1 unspecified atom stereocenters. The van der Waals surface area contributed by atoms with E-state index in [1.807, 2.05) is 0 Å². The molecule has 1 rings (SSSR count). The van der Waals surface area contributed by atoms with Crippen molar-refractivity contribution in [3.63, 3.8) is 0 Å². The van der Waals surface area contributed by atoms with Crippen LogP contribution in [-0.4, -0.2) is 48.2 Å². The van der Waals surface area contributed by atoms with E-state index in [9.17, 15) is 0 Å². The Morgan fingerprint density at radius 3 is 2.23 bits per heavy atom. The van der Waals surface area contributed by atoms with Gasteiger partial charge in [-0.15, -0.1) is 0 Å². The van der Waals surface area contributed by atoms with Crippen LogP contribution in [0.1, 0.15) is 67.7 Å². The highest BCUT2D eigenvalue weighted by molar-refractivity contribution is 5.83. The smallest absolute Gasteiger partial charge is 0.0595 e. The van der Waals surface area contributed by atoms with Gasteiger partial charge in [0, 0.05) is 48.4 Å². The van der Waals surface area contributed by atoms with Crippen molar-refractivity contribution in [2.45, 2.75) is 84.8 Å². The van der Waals surface area contributed by atoms with Crippen molar-refractivity contribution in [2.24, 2.45) is 9.98 Å². The van der Waals surface area contributed by atoms with Crippen LogP contribution in [0, 0.1) is 0 Å². The molecule has 0 bridgehead atoms. The second-order valence-corrected chi connectivity index (χ2v) is 8.11. The molecule has 0 spiro atoms. The van der Waals surface area contributed by atoms with E-state index in [1.165, 1.54) is 11.4 Å². The predicted octanol–water partition coefficient (Wildman–Crippen LogP) is 3.22. The minimum atomic E-state index is 0.0724. The quantitative estimate of drug-likeness (QED) is 0.722. The highest BCUT2D eigenvalue weighted by Gasteiger charge is 2.21. The molecule has 0 fully saturated rings. The molecule has 1 atom stereocenters. The molecule has 22 heavy (non-hydrogen) atoms. The number of nitrogens with zero attached hydrogens (tertiary/aromatic N) is 2. The summed E-state index contributed by atoms with van der Waals surface area (Å²) < 4.78 is 0. The monoisotopic (exact) mass is 308 g/mol. The molecule has 0 radical (unpaired) electrons. The van der Waals surface area contributed by atoms with Gasteiger partial charge in [-0.25, -0.2) is 0 Å². The van der Waals surface area contributed by atoms with E-state index in [-0.39, 0.29) is 11.1 Å². The zero-order valence-corrected chi connectivity index (χ0v) is 15.7. The summed E-state index contributed by atoms with van der Waals surface area (Å²) in [5, 5.41) is 7.29. The fraction of sp³-hybridized carbons (Fsp3) is 0.889. The first-order valence-corrected chi connectivity index (χ1v) is 8.63. The van der Waals surface area contributed by atoms with E-state index in [0.717, 1.165) is 38.9 Å². The molecule has 0 aromatic heterocycles. The topological polar surface area (TPSA) is 48.8 Å². The third-order valence-corrected chi connectivity index (χ3v) is 4.03. The molecule has 2 N–H and O–H groups in total. The van der Waals surface area contributed by atoms with Gasteiger partial charge in [-0.3, -0.25) is 9.98 Å². The average molecular weight is 309 g/mol. The zero-order valence-electron chi connectivity index (χ0n) is 15.7. The summed E-state index contributed by atoms with van der Waals surface area (Å²) in [6.07, 6.45) is 3.06. The molecule has 0 amide bonds. The Morgan fingerprint density at radius 2 is 1.55 bits per heavy atom. The third kappa shape index (κ3) is 8.04. The number of nitrogens with one attached hydrogen (secondary N) is 2. The summed E-state index contributed by atoms with van der Waals surface area (Å²) in [6.45, 7) is 18.3. The first-order chi connectivity index (χ1) is 10.1. The van der Waals surface area contributed by atoms with Crippen molar-refractivity contribution < 1.29 is 0 Å². The molecule has 0 saturated heterocycles. The maximum Gasteiger partial charge on any atom is 0.0595 e. The Hall–Kier alpha value is -0.740. The van der Waals surface area contributed by atoms with Crippen molar-refractivity contribution in [1.82, 2.24) is 10.6 Å². The Balaban J connectivity index is 2.82. The summed E-state index contributed by atoms with van der Waals surface area (Å²) in [6, 6.07) is 0.303. The van der Waals surface area contributed by atoms with Gasteiger partial charge in [0.25, 0.3) is 0 Å².